The fourth-order valence-electron chi connectivity index (χ4n) is 3.04. The molecule has 154 valence electrons. The zero-order valence-corrected chi connectivity index (χ0v) is 15.6. The van der Waals surface area contributed by atoms with Gasteiger partial charge in [-0.3, -0.25) is 4.68 Å². The predicted octanol–water partition coefficient (Wildman–Crippen LogP) is 2.53. The first-order chi connectivity index (χ1) is 13.9. The number of rotatable bonds is 5. The van der Waals surface area contributed by atoms with Crippen molar-refractivity contribution in [3.63, 3.8) is 0 Å². The third kappa shape index (κ3) is 4.40. The van der Waals surface area contributed by atoms with Gasteiger partial charge < -0.3 is 20.7 Å². The molecule has 29 heavy (non-hydrogen) atoms. The van der Waals surface area contributed by atoms with Gasteiger partial charge in [0.2, 0.25) is 5.95 Å². The molecule has 8 nitrogen and oxygen atoms in total. The smallest absolute Gasteiger partial charge is 0.378 e. The Bertz CT molecular complexity index is 982. The summed E-state index contributed by atoms with van der Waals surface area (Å²) in [7, 11) is 1.76. The molecule has 3 N–H and O–H groups in total. The van der Waals surface area contributed by atoms with E-state index in [1.165, 1.54) is 12.1 Å². The first kappa shape index (κ1) is 19.4. The number of aromatic nitrogens is 4. The van der Waals surface area contributed by atoms with Gasteiger partial charge in [-0.25, -0.2) is 0 Å². The fourth-order valence-corrected chi connectivity index (χ4v) is 3.04. The van der Waals surface area contributed by atoms with Crippen molar-refractivity contribution < 1.29 is 17.9 Å². The van der Waals surface area contributed by atoms with Crippen molar-refractivity contribution in [3.05, 3.63) is 36.0 Å². The number of anilines is 3. The minimum atomic E-state index is -4.38. The van der Waals surface area contributed by atoms with Crippen LogP contribution in [-0.2, 0) is 18.0 Å². The number of hydrogen-bond donors (Lipinski definition) is 3. The number of alkyl halides is 3. The number of nitrogens with zero attached hydrogens (tertiary/aromatic N) is 4. The number of nitrogens with one attached hydrogen (secondary N) is 3. The molecule has 0 spiro atoms. The molecule has 1 unspecified atom stereocenters. The highest BCUT2D eigenvalue weighted by Gasteiger charge is 2.30. The van der Waals surface area contributed by atoms with E-state index in [0.29, 0.717) is 48.2 Å². The van der Waals surface area contributed by atoms with E-state index in [4.69, 9.17) is 4.74 Å². The zero-order chi connectivity index (χ0) is 20.4. The Balaban J connectivity index is 1.57. The van der Waals surface area contributed by atoms with Crippen LogP contribution in [0.5, 0.6) is 0 Å². The summed E-state index contributed by atoms with van der Waals surface area (Å²) in [6.45, 7) is 2.64. The van der Waals surface area contributed by atoms with Gasteiger partial charge in [0, 0.05) is 31.9 Å². The summed E-state index contributed by atoms with van der Waals surface area (Å²) in [6, 6.07) is 4.92. The average molecular weight is 407 g/mol. The first-order valence-electron chi connectivity index (χ1n) is 9.09. The van der Waals surface area contributed by atoms with E-state index in [1.54, 1.807) is 17.9 Å². The summed E-state index contributed by atoms with van der Waals surface area (Å²) in [5.41, 5.74) is 0.377. The Morgan fingerprint density at radius 1 is 1.24 bits per heavy atom. The van der Waals surface area contributed by atoms with Crippen LogP contribution in [0.2, 0.25) is 0 Å². The molecule has 0 bridgehead atoms. The van der Waals surface area contributed by atoms with Crippen LogP contribution in [-0.4, -0.2) is 52.1 Å². The summed E-state index contributed by atoms with van der Waals surface area (Å²) in [5, 5.41) is 14.5. The summed E-state index contributed by atoms with van der Waals surface area (Å²) < 4.78 is 45.4. The monoisotopic (exact) mass is 407 g/mol. The molecule has 1 saturated heterocycles. The zero-order valence-electron chi connectivity index (χ0n) is 15.6. The van der Waals surface area contributed by atoms with Crippen molar-refractivity contribution in [2.45, 2.75) is 12.2 Å². The lowest BCUT2D eigenvalue weighted by Gasteiger charge is -2.24. The second-order valence-corrected chi connectivity index (χ2v) is 6.71. The van der Waals surface area contributed by atoms with Gasteiger partial charge in [0.05, 0.1) is 30.4 Å². The number of benzene rings is 1. The van der Waals surface area contributed by atoms with E-state index in [0.717, 1.165) is 18.7 Å². The van der Waals surface area contributed by atoms with Crippen LogP contribution < -0.4 is 16.0 Å². The van der Waals surface area contributed by atoms with Gasteiger partial charge in [0.15, 0.2) is 5.65 Å². The molecule has 3 heterocycles. The lowest BCUT2D eigenvalue weighted by Crippen LogP contribution is -2.45. The van der Waals surface area contributed by atoms with E-state index in [1.807, 2.05) is 0 Å². The van der Waals surface area contributed by atoms with Crippen LogP contribution in [0.3, 0.4) is 0 Å². The molecule has 1 aliphatic heterocycles. The molecule has 0 saturated carbocycles. The topological polar surface area (TPSA) is 88.9 Å². The largest absolute Gasteiger partial charge is 0.416 e. The maximum atomic E-state index is 12.8. The molecule has 0 radical (unpaired) electrons. The first-order valence-corrected chi connectivity index (χ1v) is 9.09. The Morgan fingerprint density at radius 2 is 2.03 bits per heavy atom. The average Bonchev–Trinajstić information content (AvgIpc) is 3.08. The number of ether oxygens (including phenoxy) is 1. The lowest BCUT2D eigenvalue weighted by atomic mass is 10.2. The number of hydrogen-bond acceptors (Lipinski definition) is 7. The van der Waals surface area contributed by atoms with Gasteiger partial charge in [-0.15, -0.1) is 0 Å². The van der Waals surface area contributed by atoms with Crippen LogP contribution >= 0.6 is 0 Å². The second kappa shape index (κ2) is 7.84. The fraction of sp³-hybridized carbons (Fsp3) is 0.389. The Hall–Kier alpha value is -2.92. The molecule has 11 heteroatoms. The highest BCUT2D eigenvalue weighted by Crippen LogP contribution is 2.31. The van der Waals surface area contributed by atoms with Crippen molar-refractivity contribution in [1.29, 1.82) is 0 Å². The Morgan fingerprint density at radius 3 is 2.72 bits per heavy atom. The third-order valence-corrected chi connectivity index (χ3v) is 4.57. The molecular weight excluding hydrogens is 387 g/mol. The van der Waals surface area contributed by atoms with Crippen molar-refractivity contribution in [2.24, 2.45) is 7.05 Å². The Labute approximate surface area is 164 Å². The van der Waals surface area contributed by atoms with Crippen molar-refractivity contribution >= 4 is 28.5 Å². The van der Waals surface area contributed by atoms with Gasteiger partial charge >= 0.3 is 6.18 Å². The molecule has 1 fully saturated rings. The maximum absolute atomic E-state index is 12.8. The lowest BCUT2D eigenvalue weighted by molar-refractivity contribution is -0.137. The second-order valence-electron chi connectivity index (χ2n) is 6.71. The molecule has 0 aliphatic carbocycles. The summed E-state index contributed by atoms with van der Waals surface area (Å²) in [5.74, 6) is 0.848. The van der Waals surface area contributed by atoms with E-state index in [-0.39, 0.29) is 6.04 Å². The number of halogens is 3. The maximum Gasteiger partial charge on any atom is 0.416 e. The molecule has 2 aromatic heterocycles. The SMILES string of the molecule is Cn1ncc2c(Nc3ccc(C(F)(F)F)cc3)nc(NCC3COCCN3)nc21. The quantitative estimate of drug-likeness (QED) is 0.599. The molecule has 0 amide bonds. The molecule has 1 aliphatic rings. The van der Waals surface area contributed by atoms with E-state index < -0.39 is 11.7 Å². The number of morpholine rings is 1. The van der Waals surface area contributed by atoms with E-state index >= 15 is 0 Å². The molecular formula is C18H20F3N7O. The Kier molecular flexibility index (Phi) is 5.24. The van der Waals surface area contributed by atoms with Crippen LogP contribution in [0.4, 0.5) is 30.6 Å². The van der Waals surface area contributed by atoms with Crippen LogP contribution in [0.15, 0.2) is 30.5 Å². The van der Waals surface area contributed by atoms with Gasteiger partial charge in [0.1, 0.15) is 5.82 Å². The highest BCUT2D eigenvalue weighted by molar-refractivity contribution is 5.89. The standard InChI is InChI=1S/C18H20F3N7O/c1-28-16-14(9-24-28)15(25-12-4-2-11(3-5-12)18(19,20)21)26-17(27-16)23-8-13-10-29-7-6-22-13/h2-5,9,13,22H,6-8,10H2,1H3,(H2,23,25,26,27). The summed E-state index contributed by atoms with van der Waals surface area (Å²) in [4.78, 5) is 8.98. The van der Waals surface area contributed by atoms with E-state index in [2.05, 4.69) is 31.0 Å². The van der Waals surface area contributed by atoms with Crippen LogP contribution in [0.25, 0.3) is 11.0 Å². The van der Waals surface area contributed by atoms with Crippen molar-refractivity contribution in [2.75, 3.05) is 36.9 Å². The molecule has 4 rings (SSSR count). The number of aryl methyl sites for hydroxylation is 1. The highest BCUT2D eigenvalue weighted by atomic mass is 19.4. The molecule has 3 aromatic rings. The van der Waals surface area contributed by atoms with Crippen molar-refractivity contribution in [1.82, 2.24) is 25.1 Å². The van der Waals surface area contributed by atoms with Gasteiger partial charge in [-0.2, -0.15) is 28.2 Å². The van der Waals surface area contributed by atoms with Crippen LogP contribution in [0.1, 0.15) is 5.56 Å². The number of fused-ring (bicyclic) bond motifs is 1. The summed E-state index contributed by atoms with van der Waals surface area (Å²) >= 11 is 0. The minimum Gasteiger partial charge on any atom is -0.378 e. The van der Waals surface area contributed by atoms with Gasteiger partial charge in [-0.1, -0.05) is 0 Å². The van der Waals surface area contributed by atoms with Gasteiger partial charge in [0.25, 0.3) is 0 Å². The van der Waals surface area contributed by atoms with Crippen LogP contribution in [0, 0.1) is 0 Å². The third-order valence-electron chi connectivity index (χ3n) is 4.57. The summed E-state index contributed by atoms with van der Waals surface area (Å²) in [6.07, 6.45) is -2.76. The predicted molar refractivity (Wildman–Crippen MR) is 102 cm³/mol. The molecule has 1 aromatic carbocycles. The minimum absolute atomic E-state index is 0.140. The van der Waals surface area contributed by atoms with Crippen molar-refractivity contribution in [3.8, 4) is 0 Å². The van der Waals surface area contributed by atoms with Gasteiger partial charge in [-0.05, 0) is 24.3 Å². The van der Waals surface area contributed by atoms with E-state index in [9.17, 15) is 13.2 Å². The molecule has 1 atom stereocenters. The normalized spacial score (nSPS) is 17.4.